The van der Waals surface area contributed by atoms with Crippen molar-refractivity contribution in [2.45, 2.75) is 32.1 Å². The van der Waals surface area contributed by atoms with E-state index in [-0.39, 0.29) is 30.2 Å². The quantitative estimate of drug-likeness (QED) is 0.424. The molecular weight excluding hydrogens is 464 g/mol. The van der Waals surface area contributed by atoms with E-state index in [1.54, 1.807) is 40.7 Å². The van der Waals surface area contributed by atoms with Crippen molar-refractivity contribution in [2.75, 3.05) is 33.2 Å². The third-order valence-electron chi connectivity index (χ3n) is 7.45. The number of ether oxygens (including phenoxy) is 2. The molecule has 36 heavy (non-hydrogen) atoms. The summed E-state index contributed by atoms with van der Waals surface area (Å²) in [7, 11) is 2.02. The lowest BCUT2D eigenvalue weighted by molar-refractivity contribution is -0.172. The molecule has 1 amide bonds. The number of carbonyl (C=O) groups excluding carboxylic acids is 2. The number of nitrogens with zero attached hydrogens (tertiary/aromatic N) is 4. The molecule has 10 nitrogen and oxygen atoms in total. The molecular formula is C26H26N4O6. The highest BCUT2D eigenvalue weighted by molar-refractivity contribution is 5.87. The van der Waals surface area contributed by atoms with Gasteiger partial charge in [0.25, 0.3) is 5.56 Å². The Hall–Kier alpha value is -3.76. The SMILES string of the molecule is CC[C@@]1(O)C(=O)OCc2c1cc1n(c2=O)Cc2cc3cc(OC(=O)N4CCN(C)CC4)ccc3nc2-1. The number of aliphatic hydroxyl groups is 1. The van der Waals surface area contributed by atoms with Crippen LogP contribution in [0.15, 0.2) is 35.1 Å². The van der Waals surface area contributed by atoms with Gasteiger partial charge in [0.15, 0.2) is 5.60 Å². The molecule has 1 N–H and O–H groups in total. The van der Waals surface area contributed by atoms with Gasteiger partial charge in [-0.25, -0.2) is 14.6 Å². The van der Waals surface area contributed by atoms with E-state index >= 15 is 0 Å². The Morgan fingerprint density at radius 1 is 1.17 bits per heavy atom. The average molecular weight is 491 g/mol. The zero-order valence-electron chi connectivity index (χ0n) is 20.1. The first-order valence-corrected chi connectivity index (χ1v) is 12.0. The fourth-order valence-corrected chi connectivity index (χ4v) is 5.18. The Labute approximate surface area is 206 Å². The Kier molecular flexibility index (Phi) is 5.13. The molecule has 0 unspecified atom stereocenters. The van der Waals surface area contributed by atoms with Crippen molar-refractivity contribution in [3.8, 4) is 17.1 Å². The average Bonchev–Trinajstić information content (AvgIpc) is 3.23. The third-order valence-corrected chi connectivity index (χ3v) is 7.45. The van der Waals surface area contributed by atoms with Crippen LogP contribution in [0.3, 0.4) is 0 Å². The second kappa shape index (κ2) is 8.14. The van der Waals surface area contributed by atoms with Crippen LogP contribution in [0.2, 0.25) is 0 Å². The van der Waals surface area contributed by atoms with Gasteiger partial charge in [0, 0.05) is 42.7 Å². The summed E-state index contributed by atoms with van der Waals surface area (Å²) < 4.78 is 12.3. The van der Waals surface area contributed by atoms with E-state index in [0.29, 0.717) is 47.9 Å². The van der Waals surface area contributed by atoms with Gasteiger partial charge in [-0.05, 0) is 43.8 Å². The van der Waals surface area contributed by atoms with Crippen molar-refractivity contribution in [1.82, 2.24) is 19.4 Å². The van der Waals surface area contributed by atoms with Gasteiger partial charge in [0.2, 0.25) is 0 Å². The maximum atomic E-state index is 13.3. The minimum Gasteiger partial charge on any atom is -0.458 e. The summed E-state index contributed by atoms with van der Waals surface area (Å²) in [5, 5.41) is 11.8. The van der Waals surface area contributed by atoms with Crippen LogP contribution < -0.4 is 10.3 Å². The topological polar surface area (TPSA) is 114 Å². The number of amides is 1. The van der Waals surface area contributed by atoms with Crippen molar-refractivity contribution in [1.29, 1.82) is 0 Å². The molecule has 10 heteroatoms. The number of esters is 1. The highest BCUT2D eigenvalue weighted by Gasteiger charge is 2.45. The van der Waals surface area contributed by atoms with Crippen LogP contribution in [0.4, 0.5) is 4.79 Å². The number of likely N-dealkylation sites (N-methyl/N-ethyl adjacent to an activating group) is 1. The second-order valence-corrected chi connectivity index (χ2v) is 9.61. The van der Waals surface area contributed by atoms with Gasteiger partial charge in [0.1, 0.15) is 12.4 Å². The van der Waals surface area contributed by atoms with E-state index in [2.05, 4.69) is 4.90 Å². The third kappa shape index (κ3) is 3.40. The van der Waals surface area contributed by atoms with E-state index < -0.39 is 11.6 Å². The molecule has 1 fully saturated rings. The van der Waals surface area contributed by atoms with E-state index in [9.17, 15) is 19.5 Å². The van der Waals surface area contributed by atoms with Gasteiger partial charge in [-0.3, -0.25) is 4.79 Å². The molecule has 1 saturated heterocycles. The summed E-state index contributed by atoms with van der Waals surface area (Å²) in [4.78, 5) is 46.9. The maximum Gasteiger partial charge on any atom is 0.415 e. The van der Waals surface area contributed by atoms with E-state index in [1.165, 1.54) is 0 Å². The molecule has 0 saturated carbocycles. The fraction of sp³-hybridized carbons (Fsp3) is 0.385. The molecule has 3 aromatic rings. The number of rotatable bonds is 2. The first-order valence-electron chi connectivity index (χ1n) is 12.0. The Bertz CT molecular complexity index is 1490. The van der Waals surface area contributed by atoms with Crippen LogP contribution in [-0.2, 0) is 28.3 Å². The first kappa shape index (κ1) is 22.7. The molecule has 3 aliphatic rings. The zero-order valence-corrected chi connectivity index (χ0v) is 20.1. The number of aromatic nitrogens is 2. The fourth-order valence-electron chi connectivity index (χ4n) is 5.18. The van der Waals surface area contributed by atoms with E-state index in [1.807, 2.05) is 13.1 Å². The highest BCUT2D eigenvalue weighted by atomic mass is 16.6. The zero-order chi connectivity index (χ0) is 25.2. The van der Waals surface area contributed by atoms with Gasteiger partial charge in [-0.1, -0.05) is 6.92 Å². The number of hydrogen-bond donors (Lipinski definition) is 1. The number of benzene rings is 1. The molecule has 1 aromatic carbocycles. The maximum absolute atomic E-state index is 13.3. The highest BCUT2D eigenvalue weighted by Crippen LogP contribution is 2.38. The normalized spacial score (nSPS) is 21.1. The molecule has 0 spiro atoms. The number of piperazine rings is 1. The molecule has 0 radical (unpaired) electrons. The molecule has 0 aliphatic carbocycles. The van der Waals surface area contributed by atoms with Crippen molar-refractivity contribution < 1.29 is 24.2 Å². The van der Waals surface area contributed by atoms with Crippen molar-refractivity contribution in [3.63, 3.8) is 0 Å². The summed E-state index contributed by atoms with van der Waals surface area (Å²) in [6.45, 7) is 4.68. The monoisotopic (exact) mass is 490 g/mol. The number of carbonyl (C=O) groups is 2. The van der Waals surface area contributed by atoms with E-state index in [4.69, 9.17) is 14.5 Å². The van der Waals surface area contributed by atoms with Crippen LogP contribution >= 0.6 is 0 Å². The molecule has 6 rings (SSSR count). The summed E-state index contributed by atoms with van der Waals surface area (Å²) in [5.74, 6) is -0.315. The number of pyridine rings is 2. The number of cyclic esters (lactones) is 1. The van der Waals surface area contributed by atoms with Gasteiger partial charge in [0.05, 0.1) is 29.0 Å². The van der Waals surface area contributed by atoms with Gasteiger partial charge < -0.3 is 28.9 Å². The lowest BCUT2D eigenvalue weighted by Crippen LogP contribution is -2.48. The smallest absolute Gasteiger partial charge is 0.415 e. The minimum atomic E-state index is -1.86. The van der Waals surface area contributed by atoms with Crippen LogP contribution in [0.1, 0.15) is 30.0 Å². The Morgan fingerprint density at radius 3 is 2.69 bits per heavy atom. The Balaban J connectivity index is 1.35. The summed E-state index contributed by atoms with van der Waals surface area (Å²) in [6.07, 6.45) is -0.281. The number of fused-ring (bicyclic) bond motifs is 5. The molecule has 5 heterocycles. The molecule has 3 aliphatic heterocycles. The standard InChI is InChI=1S/C26H26N4O6/c1-3-26(34)19-12-21-22-16(13-30(21)23(31)18(19)14-35-24(26)32)10-15-11-17(4-5-20(15)27-22)36-25(33)29-8-6-28(2)7-9-29/h4-5,10-12,34H,3,6-9,13-14H2,1-2H3/t26-/m0/s1. The van der Waals surface area contributed by atoms with Gasteiger partial charge >= 0.3 is 12.1 Å². The van der Waals surface area contributed by atoms with Crippen molar-refractivity contribution >= 4 is 23.0 Å². The summed E-state index contributed by atoms with van der Waals surface area (Å²) >= 11 is 0. The predicted octanol–water partition coefficient (Wildman–Crippen LogP) is 1.83. The predicted molar refractivity (Wildman–Crippen MR) is 130 cm³/mol. The molecule has 1 atom stereocenters. The van der Waals surface area contributed by atoms with Gasteiger partial charge in [-0.2, -0.15) is 0 Å². The second-order valence-electron chi connectivity index (χ2n) is 9.61. The minimum absolute atomic E-state index is 0.0926. The summed E-state index contributed by atoms with van der Waals surface area (Å²) in [5.41, 5.74) is 1.12. The van der Waals surface area contributed by atoms with Crippen LogP contribution in [0, 0.1) is 0 Å². The van der Waals surface area contributed by atoms with Crippen LogP contribution in [-0.4, -0.2) is 69.7 Å². The summed E-state index contributed by atoms with van der Waals surface area (Å²) in [6, 6.07) is 8.88. The lowest BCUT2D eigenvalue weighted by Gasteiger charge is -2.31. The molecule has 186 valence electrons. The number of hydrogen-bond acceptors (Lipinski definition) is 8. The first-order chi connectivity index (χ1) is 17.3. The van der Waals surface area contributed by atoms with Crippen molar-refractivity contribution in [2.24, 2.45) is 0 Å². The Morgan fingerprint density at radius 2 is 1.94 bits per heavy atom. The van der Waals surface area contributed by atoms with Crippen LogP contribution in [0.25, 0.3) is 22.3 Å². The lowest BCUT2D eigenvalue weighted by atomic mass is 9.86. The largest absolute Gasteiger partial charge is 0.458 e. The van der Waals surface area contributed by atoms with Crippen LogP contribution in [0.5, 0.6) is 5.75 Å². The van der Waals surface area contributed by atoms with Gasteiger partial charge in [-0.15, -0.1) is 0 Å². The van der Waals surface area contributed by atoms with Crippen molar-refractivity contribution in [3.05, 3.63) is 57.4 Å². The van der Waals surface area contributed by atoms with E-state index in [0.717, 1.165) is 24.0 Å². The molecule has 2 aromatic heterocycles. The molecule has 0 bridgehead atoms.